The summed E-state index contributed by atoms with van der Waals surface area (Å²) in [5.74, 6) is 0.437. The van der Waals surface area contributed by atoms with Crippen molar-refractivity contribution >= 4 is 11.8 Å². The molecule has 2 aliphatic heterocycles. The van der Waals surface area contributed by atoms with Crippen molar-refractivity contribution in [3.8, 4) is 0 Å². The topological polar surface area (TPSA) is 40.6 Å². The van der Waals surface area contributed by atoms with E-state index in [0.717, 1.165) is 50.8 Å². The van der Waals surface area contributed by atoms with Gasteiger partial charge in [0.05, 0.1) is 6.54 Å². The van der Waals surface area contributed by atoms with Crippen LogP contribution in [0.2, 0.25) is 0 Å². The molecule has 2 saturated heterocycles. The predicted octanol–water partition coefficient (Wildman–Crippen LogP) is 2.62. The molecule has 0 saturated carbocycles. The molecule has 1 atom stereocenters. The first-order valence-electron chi connectivity index (χ1n) is 8.92. The van der Waals surface area contributed by atoms with Crippen LogP contribution in [0.25, 0.3) is 0 Å². The minimum absolute atomic E-state index is 0.0701. The van der Waals surface area contributed by atoms with Crippen LogP contribution in [-0.4, -0.2) is 47.8 Å². The third-order valence-electron chi connectivity index (χ3n) is 5.10. The van der Waals surface area contributed by atoms with Gasteiger partial charge in [0.15, 0.2) is 0 Å². The Bertz CT molecular complexity index is 605. The predicted molar refractivity (Wildman–Crippen MR) is 89.8 cm³/mol. The lowest BCUT2D eigenvalue weighted by atomic mass is 9.91. The van der Waals surface area contributed by atoms with Crippen LogP contribution in [0, 0.1) is 11.7 Å². The Labute approximate surface area is 142 Å². The zero-order valence-electron chi connectivity index (χ0n) is 14.0. The molecule has 2 heterocycles. The van der Waals surface area contributed by atoms with Gasteiger partial charge in [0.2, 0.25) is 11.8 Å². The van der Waals surface area contributed by atoms with Gasteiger partial charge in [-0.2, -0.15) is 0 Å². The monoisotopic (exact) mass is 332 g/mol. The van der Waals surface area contributed by atoms with Gasteiger partial charge < -0.3 is 9.80 Å². The van der Waals surface area contributed by atoms with Crippen LogP contribution >= 0.6 is 0 Å². The van der Waals surface area contributed by atoms with Crippen molar-refractivity contribution in [1.29, 1.82) is 0 Å². The number of hydrogen-bond acceptors (Lipinski definition) is 2. The zero-order valence-corrected chi connectivity index (χ0v) is 14.0. The summed E-state index contributed by atoms with van der Waals surface area (Å²) in [4.78, 5) is 27.7. The third kappa shape index (κ3) is 4.34. The molecule has 0 aromatic heterocycles. The highest BCUT2D eigenvalue weighted by Crippen LogP contribution is 2.22. The van der Waals surface area contributed by atoms with Gasteiger partial charge in [-0.3, -0.25) is 9.59 Å². The molecule has 1 aromatic carbocycles. The molecule has 0 aliphatic carbocycles. The lowest BCUT2D eigenvalue weighted by Gasteiger charge is -2.34. The van der Waals surface area contributed by atoms with Gasteiger partial charge >= 0.3 is 0 Å². The molecule has 3 rings (SSSR count). The molecule has 0 bridgehead atoms. The van der Waals surface area contributed by atoms with Gasteiger partial charge in [-0.05, 0) is 55.7 Å². The maximum Gasteiger partial charge on any atom is 0.242 e. The van der Waals surface area contributed by atoms with E-state index in [0.29, 0.717) is 18.9 Å². The fourth-order valence-electron chi connectivity index (χ4n) is 3.72. The van der Waals surface area contributed by atoms with Crippen molar-refractivity contribution in [3.63, 3.8) is 0 Å². The molecular weight excluding hydrogens is 307 g/mol. The van der Waals surface area contributed by atoms with Crippen LogP contribution in [0.1, 0.15) is 37.7 Å². The number of nitrogens with zero attached hydrogens (tertiary/aromatic N) is 2. The SMILES string of the molecule is O=C1CCCN1CC(=O)N1CCCC(CCc2cccc(F)c2)C1. The van der Waals surface area contributed by atoms with E-state index in [1.807, 2.05) is 11.0 Å². The molecule has 1 unspecified atom stereocenters. The largest absolute Gasteiger partial charge is 0.341 e. The average molecular weight is 332 g/mol. The molecule has 4 nitrogen and oxygen atoms in total. The summed E-state index contributed by atoms with van der Waals surface area (Å²) < 4.78 is 13.2. The second-order valence-electron chi connectivity index (χ2n) is 6.94. The molecule has 24 heavy (non-hydrogen) atoms. The number of halogens is 1. The molecule has 5 heteroatoms. The fourth-order valence-corrected chi connectivity index (χ4v) is 3.72. The Morgan fingerprint density at radius 2 is 2.12 bits per heavy atom. The number of amides is 2. The van der Waals surface area contributed by atoms with E-state index in [2.05, 4.69) is 0 Å². The highest BCUT2D eigenvalue weighted by atomic mass is 19.1. The highest BCUT2D eigenvalue weighted by Gasteiger charge is 2.28. The number of hydrogen-bond donors (Lipinski definition) is 0. The van der Waals surface area contributed by atoms with E-state index in [9.17, 15) is 14.0 Å². The second-order valence-corrected chi connectivity index (χ2v) is 6.94. The summed E-state index contributed by atoms with van der Waals surface area (Å²) in [6, 6.07) is 6.75. The summed E-state index contributed by atoms with van der Waals surface area (Å²) in [5.41, 5.74) is 1.01. The van der Waals surface area contributed by atoms with Crippen molar-refractivity contribution < 1.29 is 14.0 Å². The first-order valence-corrected chi connectivity index (χ1v) is 8.92. The van der Waals surface area contributed by atoms with E-state index in [1.54, 1.807) is 17.0 Å². The summed E-state index contributed by atoms with van der Waals surface area (Å²) in [7, 11) is 0. The minimum Gasteiger partial charge on any atom is -0.341 e. The molecule has 2 fully saturated rings. The Morgan fingerprint density at radius 1 is 1.25 bits per heavy atom. The number of carbonyl (C=O) groups is 2. The lowest BCUT2D eigenvalue weighted by molar-refractivity contribution is -0.139. The van der Waals surface area contributed by atoms with Crippen LogP contribution in [0.15, 0.2) is 24.3 Å². The summed E-state index contributed by atoms with van der Waals surface area (Å²) in [5, 5.41) is 0. The Kier molecular flexibility index (Phi) is 5.48. The quantitative estimate of drug-likeness (QED) is 0.832. The third-order valence-corrected chi connectivity index (χ3v) is 5.10. The van der Waals surface area contributed by atoms with Gasteiger partial charge in [0, 0.05) is 26.1 Å². The highest BCUT2D eigenvalue weighted by molar-refractivity contribution is 5.85. The van der Waals surface area contributed by atoms with E-state index >= 15 is 0 Å². The normalized spacial score (nSPS) is 21.4. The molecule has 2 amide bonds. The van der Waals surface area contributed by atoms with Gasteiger partial charge in [-0.25, -0.2) is 4.39 Å². The standard InChI is InChI=1S/C19H25FN2O2/c20-17-6-1-4-15(12-17)8-9-16-5-2-10-21(13-16)19(24)14-22-11-3-7-18(22)23/h1,4,6,12,16H,2-3,5,7-11,13-14H2. The average Bonchev–Trinajstić information content (AvgIpc) is 2.98. The summed E-state index contributed by atoms with van der Waals surface area (Å²) in [6.07, 6.45) is 5.37. The van der Waals surface area contributed by atoms with E-state index < -0.39 is 0 Å². The number of likely N-dealkylation sites (tertiary alicyclic amines) is 2. The first-order chi connectivity index (χ1) is 11.6. The summed E-state index contributed by atoms with van der Waals surface area (Å²) >= 11 is 0. The van der Waals surface area contributed by atoms with Crippen molar-refractivity contribution in [2.75, 3.05) is 26.2 Å². The molecular formula is C19H25FN2O2. The van der Waals surface area contributed by atoms with Crippen molar-refractivity contribution in [2.24, 2.45) is 5.92 Å². The zero-order chi connectivity index (χ0) is 16.9. The summed E-state index contributed by atoms with van der Waals surface area (Å²) in [6.45, 7) is 2.49. The van der Waals surface area contributed by atoms with Crippen LogP contribution in [0.3, 0.4) is 0 Å². The maximum atomic E-state index is 13.2. The van der Waals surface area contributed by atoms with Gasteiger partial charge in [0.25, 0.3) is 0 Å². The van der Waals surface area contributed by atoms with Crippen molar-refractivity contribution in [3.05, 3.63) is 35.6 Å². The number of piperidine rings is 1. The van der Waals surface area contributed by atoms with Gasteiger partial charge in [-0.1, -0.05) is 12.1 Å². The molecule has 1 aromatic rings. The number of carbonyl (C=O) groups excluding carboxylic acids is 2. The van der Waals surface area contributed by atoms with Gasteiger partial charge in [-0.15, -0.1) is 0 Å². The first kappa shape index (κ1) is 16.9. The van der Waals surface area contributed by atoms with E-state index in [1.165, 1.54) is 6.07 Å². The van der Waals surface area contributed by atoms with Gasteiger partial charge in [0.1, 0.15) is 5.82 Å². The van der Waals surface area contributed by atoms with Crippen LogP contribution < -0.4 is 0 Å². The Hall–Kier alpha value is -1.91. The Balaban J connectivity index is 1.48. The smallest absolute Gasteiger partial charge is 0.242 e. The fraction of sp³-hybridized carbons (Fsp3) is 0.579. The maximum absolute atomic E-state index is 13.2. The lowest BCUT2D eigenvalue weighted by Crippen LogP contribution is -2.45. The number of aryl methyl sites for hydroxylation is 1. The molecule has 0 radical (unpaired) electrons. The van der Waals surface area contributed by atoms with E-state index in [-0.39, 0.29) is 24.2 Å². The van der Waals surface area contributed by atoms with E-state index in [4.69, 9.17) is 0 Å². The van der Waals surface area contributed by atoms with Crippen LogP contribution in [0.4, 0.5) is 4.39 Å². The van der Waals surface area contributed by atoms with Crippen LogP contribution in [0.5, 0.6) is 0 Å². The van der Waals surface area contributed by atoms with Crippen LogP contribution in [-0.2, 0) is 16.0 Å². The Morgan fingerprint density at radius 3 is 2.88 bits per heavy atom. The number of rotatable bonds is 5. The minimum atomic E-state index is -0.191. The molecule has 0 N–H and O–H groups in total. The van der Waals surface area contributed by atoms with Crippen molar-refractivity contribution in [2.45, 2.75) is 38.5 Å². The second kappa shape index (κ2) is 7.77. The molecule has 0 spiro atoms. The van der Waals surface area contributed by atoms with Crippen molar-refractivity contribution in [1.82, 2.24) is 9.80 Å². The molecule has 130 valence electrons. The number of benzene rings is 1. The molecule has 2 aliphatic rings.